The first-order valence-electron chi connectivity index (χ1n) is 0.698. The van der Waals surface area contributed by atoms with Gasteiger partial charge in [0.15, 0.2) is 0 Å². The van der Waals surface area contributed by atoms with Crippen LogP contribution in [0, 0.1) is 0 Å². The summed E-state index contributed by atoms with van der Waals surface area (Å²) in [6.45, 7) is 0. The fourth-order valence-corrected chi connectivity index (χ4v) is 0. The molecule has 0 bridgehead atoms. The van der Waals surface area contributed by atoms with Gasteiger partial charge in [0.05, 0.1) is 0 Å². The van der Waals surface area contributed by atoms with Gasteiger partial charge in [-0.3, -0.25) is 9.11 Å². The SMILES string of the molecule is Cl.Cl.O=S(=O)(O)O.[Cl-].[H-].[H-].[K+].[Na+].[Na+]. The summed E-state index contributed by atoms with van der Waals surface area (Å²) in [7, 11) is -4.67. The van der Waals surface area contributed by atoms with Crippen molar-refractivity contribution in [3.05, 3.63) is 0 Å². The quantitative estimate of drug-likeness (QED) is 0.344. The van der Waals surface area contributed by atoms with Gasteiger partial charge in [0.2, 0.25) is 0 Å². The van der Waals surface area contributed by atoms with Crippen LogP contribution in [0.4, 0.5) is 0 Å². The molecule has 0 spiro atoms. The van der Waals surface area contributed by atoms with Crippen LogP contribution in [-0.4, -0.2) is 17.5 Å². The van der Waals surface area contributed by atoms with E-state index in [1.54, 1.807) is 0 Å². The van der Waals surface area contributed by atoms with Crippen LogP contribution in [-0.2, 0) is 10.4 Å². The predicted octanol–water partition coefficient (Wildman–Crippen LogP) is -11.6. The fourth-order valence-electron chi connectivity index (χ4n) is 0. The minimum atomic E-state index is -4.67. The second-order valence-electron chi connectivity index (χ2n) is 0.448. The maximum Gasteiger partial charge on any atom is 1.00 e. The third-order valence-electron chi connectivity index (χ3n) is 0. The van der Waals surface area contributed by atoms with Gasteiger partial charge in [0, 0.05) is 0 Å². The van der Waals surface area contributed by atoms with Gasteiger partial charge < -0.3 is 15.3 Å². The van der Waals surface area contributed by atoms with Crippen molar-refractivity contribution in [2.45, 2.75) is 0 Å². The normalized spacial score (nSPS) is 5.27. The minimum absolute atomic E-state index is 0. The molecule has 0 aliphatic carbocycles. The Morgan fingerprint density at radius 2 is 1.00 bits per heavy atom. The molecule has 0 fully saturated rings. The van der Waals surface area contributed by atoms with E-state index in [4.69, 9.17) is 17.5 Å². The molecule has 11 heteroatoms. The Balaban J connectivity index is -0.00000000286. The van der Waals surface area contributed by atoms with E-state index in [1.807, 2.05) is 0 Å². The molecule has 0 unspecified atom stereocenters. The minimum Gasteiger partial charge on any atom is -1.00 e. The van der Waals surface area contributed by atoms with E-state index in [9.17, 15) is 0 Å². The van der Waals surface area contributed by atoms with Gasteiger partial charge in [-0.25, -0.2) is 0 Å². The molecular weight excluding hydrogens is 288 g/mol. The van der Waals surface area contributed by atoms with Gasteiger partial charge in [0.25, 0.3) is 0 Å². The molecule has 11 heavy (non-hydrogen) atoms. The van der Waals surface area contributed by atoms with Crippen LogP contribution in [0.2, 0.25) is 0 Å². The average Bonchev–Trinajstić information content (AvgIpc) is 0.722. The van der Waals surface area contributed by atoms with Crippen molar-refractivity contribution in [1.29, 1.82) is 0 Å². The standard InChI is InChI=1S/3ClH.K.2Na.H2O4S.2H/c;;;;;;1-5(2,3)4;;/h3*1H;;;;(H2,1,2,3,4);;/q;;;3*+1;;2*-1/p-1. The van der Waals surface area contributed by atoms with E-state index in [0.29, 0.717) is 0 Å². The summed E-state index contributed by atoms with van der Waals surface area (Å²) in [6.07, 6.45) is 0. The van der Waals surface area contributed by atoms with E-state index in [0.717, 1.165) is 0 Å². The molecule has 2 N–H and O–H groups in total. The maximum absolute atomic E-state index is 8.74. The molecule has 0 saturated heterocycles. The van der Waals surface area contributed by atoms with Crippen molar-refractivity contribution >= 4 is 35.2 Å². The van der Waals surface area contributed by atoms with Crippen molar-refractivity contribution in [3.63, 3.8) is 0 Å². The van der Waals surface area contributed by atoms with Crippen LogP contribution in [0.1, 0.15) is 2.85 Å². The van der Waals surface area contributed by atoms with E-state index >= 15 is 0 Å². The molecule has 0 saturated carbocycles. The Labute approximate surface area is 174 Å². The van der Waals surface area contributed by atoms with Crippen LogP contribution >= 0.6 is 24.8 Å². The summed E-state index contributed by atoms with van der Waals surface area (Å²) < 4.78 is 31.6. The third kappa shape index (κ3) is 115. The van der Waals surface area contributed by atoms with E-state index < -0.39 is 10.4 Å². The molecule has 0 heterocycles. The van der Waals surface area contributed by atoms with Crippen LogP contribution < -0.4 is 123 Å². The summed E-state index contributed by atoms with van der Waals surface area (Å²) in [5.41, 5.74) is 0. The number of hydrogen-bond acceptors (Lipinski definition) is 2. The second kappa shape index (κ2) is 23.9. The summed E-state index contributed by atoms with van der Waals surface area (Å²) in [4.78, 5) is 0. The van der Waals surface area contributed by atoms with Gasteiger partial charge in [-0.1, -0.05) is 0 Å². The zero-order valence-electron chi connectivity index (χ0n) is 8.31. The third-order valence-corrected chi connectivity index (χ3v) is 0. The van der Waals surface area contributed by atoms with Crippen molar-refractivity contribution in [2.24, 2.45) is 0 Å². The molecule has 0 rings (SSSR count). The molecule has 4 nitrogen and oxygen atoms in total. The molecule has 60 valence electrons. The monoisotopic (exact) mass is 292 g/mol. The smallest absolute Gasteiger partial charge is 1.00 e. The summed E-state index contributed by atoms with van der Waals surface area (Å²) in [6, 6.07) is 0. The van der Waals surface area contributed by atoms with E-state index in [1.165, 1.54) is 0 Å². The average molecular weight is 294 g/mol. The molecular formula is H6Cl3KNa2O4S. The largest absolute Gasteiger partial charge is 1.00 e. The first-order chi connectivity index (χ1) is 2.00. The van der Waals surface area contributed by atoms with Gasteiger partial charge in [-0.05, 0) is 0 Å². The van der Waals surface area contributed by atoms with Crippen molar-refractivity contribution in [2.75, 3.05) is 0 Å². The Bertz CT molecular complexity index is 115. The molecule has 0 radical (unpaired) electrons. The molecule has 0 aromatic rings. The van der Waals surface area contributed by atoms with Crippen molar-refractivity contribution < 1.29 is 143 Å². The van der Waals surface area contributed by atoms with Crippen LogP contribution in [0.15, 0.2) is 0 Å². The number of hydrogen-bond donors (Lipinski definition) is 2. The second-order valence-corrected chi connectivity index (χ2v) is 1.34. The van der Waals surface area contributed by atoms with Crippen molar-refractivity contribution in [1.82, 2.24) is 0 Å². The van der Waals surface area contributed by atoms with Crippen LogP contribution in [0.5, 0.6) is 0 Å². The number of halogens is 3. The van der Waals surface area contributed by atoms with Crippen molar-refractivity contribution in [3.8, 4) is 0 Å². The van der Waals surface area contributed by atoms with Gasteiger partial charge >= 0.3 is 121 Å². The molecule has 0 aliphatic heterocycles. The number of rotatable bonds is 0. The molecule has 0 aromatic heterocycles. The summed E-state index contributed by atoms with van der Waals surface area (Å²) >= 11 is 0. The van der Waals surface area contributed by atoms with E-state index in [-0.39, 0.29) is 151 Å². The zero-order chi connectivity index (χ0) is 4.50. The molecule has 0 amide bonds. The van der Waals surface area contributed by atoms with E-state index in [2.05, 4.69) is 0 Å². The van der Waals surface area contributed by atoms with Crippen LogP contribution in [0.25, 0.3) is 0 Å². The topological polar surface area (TPSA) is 74.6 Å². The Kier molecular flexibility index (Phi) is 98.4. The summed E-state index contributed by atoms with van der Waals surface area (Å²) in [5, 5.41) is 0. The fraction of sp³-hybridized carbons (Fsp3) is 0. The van der Waals surface area contributed by atoms with Gasteiger partial charge in [-0.2, -0.15) is 8.42 Å². The van der Waals surface area contributed by atoms with Crippen LogP contribution in [0.3, 0.4) is 0 Å². The molecule has 0 aliphatic rings. The van der Waals surface area contributed by atoms with Gasteiger partial charge in [0.1, 0.15) is 0 Å². The first kappa shape index (κ1) is 45.3. The van der Waals surface area contributed by atoms with Gasteiger partial charge in [-0.15, -0.1) is 24.8 Å². The maximum atomic E-state index is 8.74. The predicted molar refractivity (Wildman–Crippen MR) is 30.9 cm³/mol. The summed E-state index contributed by atoms with van der Waals surface area (Å²) in [5.74, 6) is 0. The Hall–Kier alpha value is 4.38. The molecule has 0 atom stereocenters. The Morgan fingerprint density at radius 3 is 1.00 bits per heavy atom. The Morgan fingerprint density at radius 1 is 1.00 bits per heavy atom. The first-order valence-corrected chi connectivity index (χ1v) is 2.10. The molecule has 0 aromatic carbocycles. The zero-order valence-corrected chi connectivity index (χ0v) is 16.6.